The predicted octanol–water partition coefficient (Wildman–Crippen LogP) is 1.17. The molecule has 2 aromatic heterocycles. The zero-order chi connectivity index (χ0) is 10.2. The quantitative estimate of drug-likeness (QED) is 0.677. The number of aromatic nitrogens is 4. The van der Waals surface area contributed by atoms with Gasteiger partial charge >= 0.3 is 0 Å². The standard InChI is InChI=1S/2C5H5N2.Y/c2*1-5-3-2-4-6-7-5;/h2*2-3H,1H3;/q2*-1;. The maximum absolute atomic E-state index is 3.67. The zero-order valence-corrected chi connectivity index (χ0v) is 11.5. The Hall–Kier alpha value is -0.736. The number of hydrogen-bond donors (Lipinski definition) is 0. The van der Waals surface area contributed by atoms with E-state index in [0.717, 1.165) is 11.4 Å². The number of rotatable bonds is 0. The van der Waals surface area contributed by atoms with Crippen molar-refractivity contribution in [3.05, 3.63) is 48.0 Å². The van der Waals surface area contributed by atoms with Gasteiger partial charge in [-0.1, -0.05) is 0 Å². The molecule has 2 heterocycles. The third-order valence-electron chi connectivity index (χ3n) is 1.33. The van der Waals surface area contributed by atoms with Crippen LogP contribution in [-0.2, 0) is 32.7 Å². The van der Waals surface area contributed by atoms with E-state index in [0.29, 0.717) is 0 Å². The van der Waals surface area contributed by atoms with Crippen molar-refractivity contribution < 1.29 is 32.7 Å². The van der Waals surface area contributed by atoms with Crippen LogP contribution in [0.1, 0.15) is 11.4 Å². The van der Waals surface area contributed by atoms with Crippen LogP contribution in [0.15, 0.2) is 24.3 Å². The van der Waals surface area contributed by atoms with Gasteiger partial charge in [-0.05, 0) is 25.2 Å². The van der Waals surface area contributed by atoms with Crippen molar-refractivity contribution in [1.82, 2.24) is 20.4 Å². The summed E-state index contributed by atoms with van der Waals surface area (Å²) in [4.78, 5) is 0. The largest absolute Gasteiger partial charge is 0.268 e. The molecule has 0 aromatic carbocycles. The molecule has 0 saturated heterocycles. The summed E-state index contributed by atoms with van der Waals surface area (Å²) < 4.78 is 0. The fourth-order valence-corrected chi connectivity index (χ4v) is 0.665. The molecule has 0 atom stereocenters. The average molecular weight is 275 g/mol. The molecule has 0 bridgehead atoms. The SMILES string of the molecule is Cc1cc[c-]nn1.Cc1cc[c-]nn1.[Y]. The molecule has 5 heteroatoms. The van der Waals surface area contributed by atoms with Gasteiger partial charge in [0.25, 0.3) is 0 Å². The van der Waals surface area contributed by atoms with Crippen LogP contribution in [0.2, 0.25) is 0 Å². The molecule has 2 aromatic rings. The van der Waals surface area contributed by atoms with Crippen LogP contribution < -0.4 is 0 Å². The normalized spacial score (nSPS) is 8.13. The van der Waals surface area contributed by atoms with Crippen LogP contribution in [0, 0.1) is 26.2 Å². The first-order chi connectivity index (χ1) is 6.79. The van der Waals surface area contributed by atoms with Crippen molar-refractivity contribution in [3.8, 4) is 0 Å². The molecule has 0 fully saturated rings. The maximum atomic E-state index is 3.67. The molecule has 0 unspecified atom stereocenters. The number of hydrogen-bond acceptors (Lipinski definition) is 4. The molecule has 2 rings (SSSR count). The summed E-state index contributed by atoms with van der Waals surface area (Å²) >= 11 is 0. The van der Waals surface area contributed by atoms with Crippen LogP contribution in [0.4, 0.5) is 0 Å². The Kier molecular flexibility index (Phi) is 8.14. The van der Waals surface area contributed by atoms with E-state index >= 15 is 0 Å². The van der Waals surface area contributed by atoms with Crippen molar-refractivity contribution in [2.45, 2.75) is 13.8 Å². The van der Waals surface area contributed by atoms with Crippen LogP contribution >= 0.6 is 0 Å². The Morgan fingerprint density at radius 1 is 0.867 bits per heavy atom. The van der Waals surface area contributed by atoms with Crippen molar-refractivity contribution in [3.63, 3.8) is 0 Å². The second-order valence-corrected chi connectivity index (χ2v) is 2.61. The maximum Gasteiger partial charge on any atom is 0 e. The van der Waals surface area contributed by atoms with Gasteiger partial charge in [0.2, 0.25) is 0 Å². The third-order valence-corrected chi connectivity index (χ3v) is 1.33. The van der Waals surface area contributed by atoms with Crippen molar-refractivity contribution in [2.24, 2.45) is 0 Å². The van der Waals surface area contributed by atoms with Crippen LogP contribution in [0.5, 0.6) is 0 Å². The summed E-state index contributed by atoms with van der Waals surface area (Å²) in [5.74, 6) is 0. The summed E-state index contributed by atoms with van der Waals surface area (Å²) in [6, 6.07) is 7.19. The van der Waals surface area contributed by atoms with Gasteiger partial charge < -0.3 is 0 Å². The second-order valence-electron chi connectivity index (χ2n) is 2.61. The third kappa shape index (κ3) is 7.22. The van der Waals surface area contributed by atoms with Crippen molar-refractivity contribution in [2.75, 3.05) is 0 Å². The van der Waals surface area contributed by atoms with E-state index in [1.54, 1.807) is 12.1 Å². The van der Waals surface area contributed by atoms with E-state index < -0.39 is 0 Å². The molecule has 1 radical (unpaired) electrons. The Labute approximate surface area is 114 Å². The Bertz CT molecular complexity index is 315. The number of aryl methyl sites for hydroxylation is 2. The van der Waals surface area contributed by atoms with Gasteiger partial charge in [-0.2, -0.15) is 22.3 Å². The average Bonchev–Trinajstić information content (AvgIpc) is 2.21. The fourth-order valence-electron chi connectivity index (χ4n) is 0.665. The molecule has 0 aliphatic heterocycles. The Morgan fingerprint density at radius 3 is 1.40 bits per heavy atom. The molecule has 0 saturated carbocycles. The monoisotopic (exact) mass is 275 g/mol. The summed E-state index contributed by atoms with van der Waals surface area (Å²) in [7, 11) is 0. The minimum atomic E-state index is 0. The zero-order valence-electron chi connectivity index (χ0n) is 8.68. The minimum Gasteiger partial charge on any atom is -0.268 e. The van der Waals surface area contributed by atoms with E-state index in [1.165, 1.54) is 0 Å². The van der Waals surface area contributed by atoms with Gasteiger partial charge in [-0.25, -0.2) is 12.1 Å². The predicted molar refractivity (Wildman–Crippen MR) is 51.2 cm³/mol. The Morgan fingerprint density at radius 2 is 1.27 bits per heavy atom. The molecule has 0 amide bonds. The first kappa shape index (κ1) is 14.3. The van der Waals surface area contributed by atoms with E-state index in [4.69, 9.17) is 0 Å². The van der Waals surface area contributed by atoms with Gasteiger partial charge in [-0.3, -0.25) is 10.2 Å². The van der Waals surface area contributed by atoms with Gasteiger partial charge in [0.05, 0.1) is 0 Å². The first-order valence-electron chi connectivity index (χ1n) is 4.12. The van der Waals surface area contributed by atoms with Gasteiger partial charge in [-0.15, -0.1) is 12.4 Å². The minimum absolute atomic E-state index is 0. The van der Waals surface area contributed by atoms with E-state index in [-0.39, 0.29) is 32.7 Å². The summed E-state index contributed by atoms with van der Waals surface area (Å²) in [6.45, 7) is 3.78. The van der Waals surface area contributed by atoms with Gasteiger partial charge in [0, 0.05) is 32.7 Å². The molecular weight excluding hydrogens is 265 g/mol. The second kappa shape index (κ2) is 8.56. The van der Waals surface area contributed by atoms with Crippen molar-refractivity contribution >= 4 is 0 Å². The molecule has 4 nitrogen and oxygen atoms in total. The fraction of sp³-hybridized carbons (Fsp3) is 0.200. The van der Waals surface area contributed by atoms with E-state index in [9.17, 15) is 0 Å². The molecule has 0 aliphatic carbocycles. The molecule has 75 valence electrons. The summed E-state index contributed by atoms with van der Waals surface area (Å²) in [5.41, 5.74) is 1.86. The van der Waals surface area contributed by atoms with Crippen LogP contribution in [-0.4, -0.2) is 20.4 Å². The molecule has 0 aliphatic rings. The molecular formula is C10H10N4Y-2. The van der Waals surface area contributed by atoms with E-state index in [1.807, 2.05) is 26.0 Å². The van der Waals surface area contributed by atoms with Gasteiger partial charge in [0.15, 0.2) is 0 Å². The molecule has 0 spiro atoms. The first-order valence-corrected chi connectivity index (χ1v) is 4.12. The summed E-state index contributed by atoms with van der Waals surface area (Å²) in [5, 5.41) is 14.4. The Balaban J connectivity index is 0.000000245. The number of nitrogens with zero attached hydrogens (tertiary/aromatic N) is 4. The van der Waals surface area contributed by atoms with E-state index in [2.05, 4.69) is 32.8 Å². The van der Waals surface area contributed by atoms with Crippen LogP contribution in [0.3, 0.4) is 0 Å². The van der Waals surface area contributed by atoms with Crippen LogP contribution in [0.25, 0.3) is 0 Å². The van der Waals surface area contributed by atoms with Gasteiger partial charge in [0.1, 0.15) is 0 Å². The molecule has 0 N–H and O–H groups in total. The smallest absolute Gasteiger partial charge is 0 e. The topological polar surface area (TPSA) is 51.6 Å². The molecule has 15 heavy (non-hydrogen) atoms. The van der Waals surface area contributed by atoms with Crippen molar-refractivity contribution in [1.29, 1.82) is 0 Å². The summed E-state index contributed by atoms with van der Waals surface area (Å²) in [6.07, 6.45) is 5.14.